The Hall–Kier alpha value is -3.10. The van der Waals surface area contributed by atoms with Gasteiger partial charge in [-0.3, -0.25) is 0 Å². The molecule has 158 valence electrons. The highest BCUT2D eigenvalue weighted by Crippen LogP contribution is 2.50. The predicted octanol–water partition coefficient (Wildman–Crippen LogP) is 5.43. The van der Waals surface area contributed by atoms with Crippen molar-refractivity contribution in [2.45, 2.75) is 38.2 Å². The zero-order chi connectivity index (χ0) is 22.0. The van der Waals surface area contributed by atoms with E-state index in [-0.39, 0.29) is 5.41 Å². The van der Waals surface area contributed by atoms with Crippen molar-refractivity contribution in [3.8, 4) is 11.8 Å². The van der Waals surface area contributed by atoms with E-state index in [4.69, 9.17) is 16.3 Å². The van der Waals surface area contributed by atoms with Crippen molar-refractivity contribution in [1.29, 1.82) is 5.26 Å². The number of ether oxygens (including phenoxy) is 1. The molecular formula is C25H25ClN4O. The summed E-state index contributed by atoms with van der Waals surface area (Å²) >= 11 is 6.44. The molecule has 2 aromatic carbocycles. The number of anilines is 1. The minimum atomic E-state index is -0.0886. The third-order valence-electron chi connectivity index (χ3n) is 6.12. The van der Waals surface area contributed by atoms with Gasteiger partial charge >= 0.3 is 0 Å². The molecule has 0 radical (unpaired) electrons. The van der Waals surface area contributed by atoms with Crippen LogP contribution in [0, 0.1) is 18.3 Å². The van der Waals surface area contributed by atoms with E-state index in [2.05, 4.69) is 28.2 Å². The minimum Gasteiger partial charge on any atom is -0.487 e. The molecule has 1 aliphatic rings. The van der Waals surface area contributed by atoms with Crippen molar-refractivity contribution < 1.29 is 4.74 Å². The molecule has 0 N–H and O–H groups in total. The number of halogens is 1. The van der Waals surface area contributed by atoms with Gasteiger partial charge in [-0.2, -0.15) is 5.26 Å². The predicted molar refractivity (Wildman–Crippen MR) is 123 cm³/mol. The molecule has 1 fully saturated rings. The monoisotopic (exact) mass is 432 g/mol. The Morgan fingerprint density at radius 1 is 1.13 bits per heavy atom. The summed E-state index contributed by atoms with van der Waals surface area (Å²) in [6, 6.07) is 16.4. The van der Waals surface area contributed by atoms with Gasteiger partial charge in [0.1, 0.15) is 12.4 Å². The fourth-order valence-corrected chi connectivity index (χ4v) is 4.27. The molecule has 1 heterocycles. The number of aromatic nitrogens is 2. The van der Waals surface area contributed by atoms with Gasteiger partial charge < -0.3 is 9.64 Å². The van der Waals surface area contributed by atoms with E-state index < -0.39 is 0 Å². The average Bonchev–Trinajstić information content (AvgIpc) is 2.75. The van der Waals surface area contributed by atoms with Crippen LogP contribution in [0.15, 0.2) is 48.7 Å². The van der Waals surface area contributed by atoms with Gasteiger partial charge in [-0.15, -0.1) is 0 Å². The highest BCUT2D eigenvalue weighted by atomic mass is 35.5. The maximum atomic E-state index is 9.49. The highest BCUT2D eigenvalue weighted by Gasteiger charge is 2.40. The first-order valence-corrected chi connectivity index (χ1v) is 10.7. The van der Waals surface area contributed by atoms with Crippen molar-refractivity contribution in [1.82, 2.24) is 9.97 Å². The Morgan fingerprint density at radius 3 is 2.48 bits per heavy atom. The Kier molecular flexibility index (Phi) is 5.84. The van der Waals surface area contributed by atoms with E-state index in [1.807, 2.05) is 56.3 Å². The van der Waals surface area contributed by atoms with Crippen LogP contribution in [0.1, 0.15) is 47.2 Å². The fraction of sp³-hybridized carbons (Fsp3) is 0.320. The molecule has 0 atom stereocenters. The lowest BCUT2D eigenvalue weighted by Crippen LogP contribution is -2.35. The van der Waals surface area contributed by atoms with Gasteiger partial charge in [0, 0.05) is 30.7 Å². The lowest BCUT2D eigenvalue weighted by molar-refractivity contribution is 0.294. The zero-order valence-electron chi connectivity index (χ0n) is 18.0. The zero-order valence-corrected chi connectivity index (χ0v) is 18.8. The molecule has 0 amide bonds. The van der Waals surface area contributed by atoms with Crippen molar-refractivity contribution in [3.63, 3.8) is 0 Å². The van der Waals surface area contributed by atoms with Gasteiger partial charge in [0.05, 0.1) is 17.3 Å². The van der Waals surface area contributed by atoms with E-state index in [0.717, 1.165) is 41.8 Å². The van der Waals surface area contributed by atoms with Crippen molar-refractivity contribution in [2.75, 3.05) is 19.0 Å². The van der Waals surface area contributed by atoms with E-state index in [1.165, 1.54) is 5.56 Å². The van der Waals surface area contributed by atoms with E-state index >= 15 is 0 Å². The number of nitriles is 1. The van der Waals surface area contributed by atoms with Crippen molar-refractivity contribution in [3.05, 3.63) is 81.6 Å². The molecule has 31 heavy (non-hydrogen) atoms. The summed E-state index contributed by atoms with van der Waals surface area (Å²) in [5, 5.41) is 10.1. The Labute approximate surface area is 188 Å². The summed E-state index contributed by atoms with van der Waals surface area (Å²) < 4.78 is 5.95. The molecule has 5 nitrogen and oxygen atoms in total. The lowest BCUT2D eigenvalue weighted by Gasteiger charge is -2.43. The summed E-state index contributed by atoms with van der Waals surface area (Å²) in [6.45, 7) is 2.27. The molecule has 4 rings (SSSR count). The third-order valence-corrected chi connectivity index (χ3v) is 6.51. The maximum Gasteiger partial charge on any atom is 0.225 e. The molecule has 0 aliphatic heterocycles. The Bertz CT molecular complexity index is 1130. The molecule has 3 aromatic rings. The molecule has 6 heteroatoms. The van der Waals surface area contributed by atoms with Crippen LogP contribution in [0.2, 0.25) is 5.02 Å². The van der Waals surface area contributed by atoms with Gasteiger partial charge in [-0.05, 0) is 66.8 Å². The van der Waals surface area contributed by atoms with Crippen LogP contribution in [0.4, 0.5) is 5.95 Å². The second kappa shape index (κ2) is 8.56. The van der Waals surface area contributed by atoms with Crippen LogP contribution < -0.4 is 9.64 Å². The van der Waals surface area contributed by atoms with Crippen molar-refractivity contribution >= 4 is 17.5 Å². The standard InChI is InChI=1S/C25H25ClN4O/c1-17-18(15-27)13-20(14-23(17)26)25(10-4-11-25)19-5-7-22(8-6-19)31-16-21-9-12-28-24(29-21)30(2)3/h5-9,12-14H,4,10-11,16H2,1-3H3. The number of rotatable bonds is 6. The van der Waals surface area contributed by atoms with E-state index in [1.54, 1.807) is 6.20 Å². The molecular weight excluding hydrogens is 408 g/mol. The van der Waals surface area contributed by atoms with Gasteiger partial charge in [0.15, 0.2) is 0 Å². The fourth-order valence-electron chi connectivity index (χ4n) is 4.05. The summed E-state index contributed by atoms with van der Waals surface area (Å²) in [6.07, 6.45) is 5.00. The molecule has 1 aromatic heterocycles. The Morgan fingerprint density at radius 2 is 1.87 bits per heavy atom. The quantitative estimate of drug-likeness (QED) is 0.520. The Balaban J connectivity index is 1.54. The topological polar surface area (TPSA) is 62.0 Å². The molecule has 0 spiro atoms. The van der Waals surface area contributed by atoms with E-state index in [9.17, 15) is 5.26 Å². The number of hydrogen-bond donors (Lipinski definition) is 0. The van der Waals surface area contributed by atoms with Crippen LogP contribution >= 0.6 is 11.6 Å². The number of nitrogens with zero attached hydrogens (tertiary/aromatic N) is 4. The SMILES string of the molecule is Cc1c(Cl)cc(C2(c3ccc(OCc4ccnc(N(C)C)n4)cc3)CCC2)cc1C#N. The molecule has 0 bridgehead atoms. The summed E-state index contributed by atoms with van der Waals surface area (Å²) in [7, 11) is 3.82. The second-order valence-electron chi connectivity index (χ2n) is 8.23. The number of benzene rings is 2. The van der Waals surface area contributed by atoms with Crippen LogP contribution in [-0.2, 0) is 12.0 Å². The third kappa shape index (κ3) is 4.08. The van der Waals surface area contributed by atoms with Crippen LogP contribution in [-0.4, -0.2) is 24.1 Å². The van der Waals surface area contributed by atoms with Crippen LogP contribution in [0.5, 0.6) is 5.75 Å². The molecule has 0 saturated heterocycles. The normalized spacial score (nSPS) is 14.4. The second-order valence-corrected chi connectivity index (χ2v) is 8.64. The average molecular weight is 433 g/mol. The van der Waals surface area contributed by atoms with Gasteiger partial charge in [0.2, 0.25) is 5.95 Å². The maximum absolute atomic E-state index is 9.49. The molecule has 1 aliphatic carbocycles. The summed E-state index contributed by atoms with van der Waals surface area (Å²) in [5.74, 6) is 1.46. The number of hydrogen-bond acceptors (Lipinski definition) is 5. The smallest absolute Gasteiger partial charge is 0.225 e. The first-order valence-electron chi connectivity index (χ1n) is 10.4. The highest BCUT2D eigenvalue weighted by molar-refractivity contribution is 6.31. The van der Waals surface area contributed by atoms with Crippen LogP contribution in [0.3, 0.4) is 0 Å². The minimum absolute atomic E-state index is 0.0886. The summed E-state index contributed by atoms with van der Waals surface area (Å²) in [5.41, 5.74) is 4.58. The first-order chi connectivity index (χ1) is 14.9. The molecule has 1 saturated carbocycles. The van der Waals surface area contributed by atoms with Gasteiger partial charge in [-0.25, -0.2) is 9.97 Å². The summed E-state index contributed by atoms with van der Waals surface area (Å²) in [4.78, 5) is 10.6. The van der Waals surface area contributed by atoms with Gasteiger partial charge in [-0.1, -0.05) is 30.2 Å². The first kappa shape index (κ1) is 21.1. The van der Waals surface area contributed by atoms with E-state index in [0.29, 0.717) is 23.1 Å². The largest absolute Gasteiger partial charge is 0.487 e. The lowest BCUT2D eigenvalue weighted by atomic mass is 9.60. The molecule has 0 unspecified atom stereocenters. The van der Waals surface area contributed by atoms with Crippen LogP contribution in [0.25, 0.3) is 0 Å². The van der Waals surface area contributed by atoms with Gasteiger partial charge in [0.25, 0.3) is 0 Å². The van der Waals surface area contributed by atoms with Crippen molar-refractivity contribution in [2.24, 2.45) is 0 Å².